The molecule has 0 radical (unpaired) electrons. The first-order valence-corrected chi connectivity index (χ1v) is 5.68. The van der Waals surface area contributed by atoms with Crippen LogP contribution in [0, 0.1) is 17.8 Å². The quantitative estimate of drug-likeness (QED) is 0.637. The molecule has 2 heteroatoms. The summed E-state index contributed by atoms with van der Waals surface area (Å²) in [5.74, 6) is 1.76. The van der Waals surface area contributed by atoms with Gasteiger partial charge in [-0.25, -0.2) is 0 Å². The second-order valence-electron chi connectivity index (χ2n) is 4.97. The summed E-state index contributed by atoms with van der Waals surface area (Å²) in [6.45, 7) is 8.19. The molecule has 0 N–H and O–H groups in total. The van der Waals surface area contributed by atoms with Crippen LogP contribution in [0.3, 0.4) is 0 Å². The number of ether oxygens (including phenoxy) is 1. The molecule has 1 unspecified atom stereocenters. The highest BCUT2D eigenvalue weighted by molar-refractivity contribution is 5.66. The van der Waals surface area contributed by atoms with E-state index in [1.807, 2.05) is 0 Å². The van der Waals surface area contributed by atoms with Crippen molar-refractivity contribution in [2.24, 2.45) is 17.8 Å². The predicted octanol–water partition coefficient (Wildman–Crippen LogP) is 3.01. The topological polar surface area (TPSA) is 26.3 Å². The average molecular weight is 198 g/mol. The molecule has 0 aromatic rings. The lowest BCUT2D eigenvalue weighted by molar-refractivity contribution is -0.153. The van der Waals surface area contributed by atoms with Crippen LogP contribution in [0.25, 0.3) is 0 Å². The van der Waals surface area contributed by atoms with Gasteiger partial charge < -0.3 is 4.74 Å². The molecule has 0 saturated heterocycles. The fourth-order valence-corrected chi connectivity index (χ4v) is 2.46. The molecule has 0 bridgehead atoms. The number of carbonyl (C=O) groups excluding carboxylic acids is 1. The zero-order valence-electron chi connectivity index (χ0n) is 9.75. The molecule has 0 aromatic carbocycles. The highest BCUT2D eigenvalue weighted by Gasteiger charge is 2.32. The summed E-state index contributed by atoms with van der Waals surface area (Å²) >= 11 is 0. The van der Waals surface area contributed by atoms with Gasteiger partial charge in [-0.05, 0) is 30.6 Å². The van der Waals surface area contributed by atoms with Gasteiger partial charge in [0.15, 0.2) is 0 Å². The summed E-state index contributed by atoms with van der Waals surface area (Å²) < 4.78 is 5.40. The Kier molecular flexibility index (Phi) is 3.97. The Balaban J connectivity index is 2.58. The maximum Gasteiger partial charge on any atom is 0.302 e. The maximum atomic E-state index is 11.0. The first-order chi connectivity index (χ1) is 6.50. The van der Waals surface area contributed by atoms with Crippen LogP contribution < -0.4 is 0 Å². The third-order valence-electron chi connectivity index (χ3n) is 3.28. The summed E-state index contributed by atoms with van der Waals surface area (Å²) in [5, 5.41) is 0. The monoisotopic (exact) mass is 198 g/mol. The molecule has 2 nitrogen and oxygen atoms in total. The zero-order chi connectivity index (χ0) is 10.7. The summed E-state index contributed by atoms with van der Waals surface area (Å²) in [6, 6.07) is 0. The van der Waals surface area contributed by atoms with Gasteiger partial charge in [0, 0.05) is 6.92 Å². The van der Waals surface area contributed by atoms with E-state index in [1.165, 1.54) is 19.8 Å². The Hall–Kier alpha value is -0.530. The van der Waals surface area contributed by atoms with Gasteiger partial charge in [-0.15, -0.1) is 0 Å². The van der Waals surface area contributed by atoms with Crippen LogP contribution in [-0.4, -0.2) is 12.1 Å². The smallest absolute Gasteiger partial charge is 0.302 e. The molecular weight excluding hydrogens is 176 g/mol. The Labute approximate surface area is 87.0 Å². The SMILES string of the molecule is CC(=O)O[C@H]1CC(C)CC[C@H]1C(C)C. The lowest BCUT2D eigenvalue weighted by Gasteiger charge is -2.36. The van der Waals surface area contributed by atoms with Crippen molar-refractivity contribution >= 4 is 5.97 Å². The third-order valence-corrected chi connectivity index (χ3v) is 3.28. The van der Waals surface area contributed by atoms with Crippen LogP contribution in [0.2, 0.25) is 0 Å². The van der Waals surface area contributed by atoms with E-state index in [-0.39, 0.29) is 12.1 Å². The number of esters is 1. The molecule has 0 aliphatic heterocycles. The second kappa shape index (κ2) is 4.81. The van der Waals surface area contributed by atoms with Gasteiger partial charge in [0.1, 0.15) is 6.10 Å². The molecule has 1 aliphatic rings. The van der Waals surface area contributed by atoms with Gasteiger partial charge in [-0.1, -0.05) is 27.2 Å². The summed E-state index contributed by atoms with van der Waals surface area (Å²) in [7, 11) is 0. The van der Waals surface area contributed by atoms with Crippen LogP contribution in [-0.2, 0) is 9.53 Å². The van der Waals surface area contributed by atoms with Crippen molar-refractivity contribution in [2.75, 3.05) is 0 Å². The van der Waals surface area contributed by atoms with Gasteiger partial charge in [0.25, 0.3) is 0 Å². The van der Waals surface area contributed by atoms with Crippen molar-refractivity contribution in [1.82, 2.24) is 0 Å². The van der Waals surface area contributed by atoms with Gasteiger partial charge in [-0.3, -0.25) is 4.79 Å². The Morgan fingerprint density at radius 1 is 1.36 bits per heavy atom. The van der Waals surface area contributed by atoms with E-state index >= 15 is 0 Å². The molecule has 0 heterocycles. The van der Waals surface area contributed by atoms with Gasteiger partial charge >= 0.3 is 5.97 Å². The molecule has 1 aliphatic carbocycles. The number of hydrogen-bond donors (Lipinski definition) is 0. The van der Waals surface area contributed by atoms with E-state index in [2.05, 4.69) is 20.8 Å². The molecule has 14 heavy (non-hydrogen) atoms. The van der Waals surface area contributed by atoms with E-state index in [1.54, 1.807) is 0 Å². The van der Waals surface area contributed by atoms with Gasteiger partial charge in [0.2, 0.25) is 0 Å². The van der Waals surface area contributed by atoms with Crippen molar-refractivity contribution in [3.8, 4) is 0 Å². The first kappa shape index (κ1) is 11.5. The maximum absolute atomic E-state index is 11.0. The molecule has 0 amide bonds. The molecule has 3 atom stereocenters. The minimum atomic E-state index is -0.130. The van der Waals surface area contributed by atoms with Gasteiger partial charge in [-0.2, -0.15) is 0 Å². The Bertz CT molecular complexity index is 198. The fourth-order valence-electron chi connectivity index (χ4n) is 2.46. The van der Waals surface area contributed by atoms with Crippen molar-refractivity contribution in [3.05, 3.63) is 0 Å². The summed E-state index contributed by atoms with van der Waals surface area (Å²) in [4.78, 5) is 11.0. The summed E-state index contributed by atoms with van der Waals surface area (Å²) in [6.07, 6.45) is 3.69. The Morgan fingerprint density at radius 2 is 2.00 bits per heavy atom. The van der Waals surface area contributed by atoms with Gasteiger partial charge in [0.05, 0.1) is 0 Å². The molecule has 1 rings (SSSR count). The predicted molar refractivity (Wildman–Crippen MR) is 56.9 cm³/mol. The van der Waals surface area contributed by atoms with Crippen molar-refractivity contribution in [2.45, 2.75) is 53.1 Å². The minimum absolute atomic E-state index is 0.130. The Morgan fingerprint density at radius 3 is 2.50 bits per heavy atom. The normalized spacial score (nSPS) is 33.1. The van der Waals surface area contributed by atoms with Crippen LogP contribution in [0.4, 0.5) is 0 Å². The van der Waals surface area contributed by atoms with Crippen molar-refractivity contribution in [3.63, 3.8) is 0 Å². The van der Waals surface area contributed by atoms with E-state index < -0.39 is 0 Å². The highest BCUT2D eigenvalue weighted by atomic mass is 16.5. The van der Waals surface area contributed by atoms with Crippen LogP contribution >= 0.6 is 0 Å². The lowest BCUT2D eigenvalue weighted by Crippen LogP contribution is -2.35. The van der Waals surface area contributed by atoms with E-state index in [9.17, 15) is 4.79 Å². The van der Waals surface area contributed by atoms with E-state index in [0.29, 0.717) is 17.8 Å². The average Bonchev–Trinajstić information content (AvgIpc) is 2.01. The number of carbonyl (C=O) groups is 1. The summed E-state index contributed by atoms with van der Waals surface area (Å²) in [5.41, 5.74) is 0. The van der Waals surface area contributed by atoms with Crippen molar-refractivity contribution in [1.29, 1.82) is 0 Å². The van der Waals surface area contributed by atoms with Crippen molar-refractivity contribution < 1.29 is 9.53 Å². The van der Waals surface area contributed by atoms with E-state index in [0.717, 1.165) is 6.42 Å². The zero-order valence-corrected chi connectivity index (χ0v) is 9.75. The van der Waals surface area contributed by atoms with Crippen LogP contribution in [0.1, 0.15) is 47.0 Å². The third kappa shape index (κ3) is 3.00. The largest absolute Gasteiger partial charge is 0.462 e. The van der Waals surface area contributed by atoms with Crippen LogP contribution in [0.15, 0.2) is 0 Å². The number of hydrogen-bond acceptors (Lipinski definition) is 2. The first-order valence-electron chi connectivity index (χ1n) is 5.68. The van der Waals surface area contributed by atoms with E-state index in [4.69, 9.17) is 4.74 Å². The molecular formula is C12H22O2. The second-order valence-corrected chi connectivity index (χ2v) is 4.97. The minimum Gasteiger partial charge on any atom is -0.462 e. The van der Waals surface area contributed by atoms with Crippen LogP contribution in [0.5, 0.6) is 0 Å². The molecule has 82 valence electrons. The number of rotatable bonds is 2. The molecule has 0 aromatic heterocycles. The molecule has 1 saturated carbocycles. The molecule has 1 fully saturated rings. The highest BCUT2D eigenvalue weighted by Crippen LogP contribution is 2.35. The standard InChI is InChI=1S/C12H22O2/c1-8(2)11-6-5-9(3)7-12(11)14-10(4)13/h8-9,11-12H,5-7H2,1-4H3/t9?,11-,12-/m0/s1. The molecule has 0 spiro atoms. The fraction of sp³-hybridized carbons (Fsp3) is 0.917. The lowest BCUT2D eigenvalue weighted by atomic mass is 9.75.